The Morgan fingerprint density at radius 1 is 1.29 bits per heavy atom. The average molecular weight is 444 g/mol. The summed E-state index contributed by atoms with van der Waals surface area (Å²) in [6.45, 7) is 6.77. The first kappa shape index (κ1) is 23.0. The van der Waals surface area contributed by atoms with E-state index in [1.807, 2.05) is 12.1 Å². The lowest BCUT2D eigenvalue weighted by molar-refractivity contribution is 0.129. The molecule has 0 bridgehead atoms. The van der Waals surface area contributed by atoms with Crippen molar-refractivity contribution in [3.8, 4) is 6.07 Å². The Morgan fingerprint density at radius 3 is 2.71 bits per heavy atom. The number of piperazine rings is 1. The maximum absolute atomic E-state index is 9.32. The van der Waals surface area contributed by atoms with Crippen LogP contribution >= 0.6 is 11.6 Å². The molecule has 4 N–H and O–H groups in total. The molecule has 1 atom stereocenters. The van der Waals surface area contributed by atoms with Gasteiger partial charge in [-0.25, -0.2) is 5.84 Å². The molecule has 0 amide bonds. The summed E-state index contributed by atoms with van der Waals surface area (Å²) in [5.74, 6) is 7.28. The molecule has 0 aromatic heterocycles. The van der Waals surface area contributed by atoms with Crippen LogP contribution in [-0.4, -0.2) is 72.5 Å². The van der Waals surface area contributed by atoms with Gasteiger partial charge in [-0.15, -0.1) is 5.10 Å². The largest absolute Gasteiger partial charge is 0.386 e. The predicted molar refractivity (Wildman–Crippen MR) is 126 cm³/mol. The quantitative estimate of drug-likeness (QED) is 0.287. The van der Waals surface area contributed by atoms with E-state index in [9.17, 15) is 5.26 Å². The number of hydrazine groups is 1. The van der Waals surface area contributed by atoms with Gasteiger partial charge in [-0.1, -0.05) is 31.0 Å². The highest BCUT2D eigenvalue weighted by Gasteiger charge is 2.28. The summed E-state index contributed by atoms with van der Waals surface area (Å²) >= 11 is 6.03. The zero-order valence-electron chi connectivity index (χ0n) is 17.9. The van der Waals surface area contributed by atoms with Gasteiger partial charge < -0.3 is 10.6 Å². The predicted octanol–water partition coefficient (Wildman–Crippen LogP) is 1.85. The van der Waals surface area contributed by atoms with Crippen molar-refractivity contribution < 1.29 is 0 Å². The van der Waals surface area contributed by atoms with Gasteiger partial charge in [0.15, 0.2) is 11.5 Å². The van der Waals surface area contributed by atoms with Crippen molar-refractivity contribution in [1.29, 1.82) is 5.26 Å². The van der Waals surface area contributed by atoms with Gasteiger partial charge in [0.25, 0.3) is 0 Å². The number of nitrogens with zero attached hydrogens (tertiary/aromatic N) is 7. The molecule has 1 aromatic rings. The minimum atomic E-state index is 0.279. The zero-order chi connectivity index (χ0) is 22.2. The standard InChI is InChI=1S/C21H30ClN9/c1-2-4-17(14-20(24)28-31(25)18-6-3-5-16(22)13-18)29-9-11-30(12-10-29)21-19(15-23)26-7-8-27-21/h3,5-6,13,17H,2,4,7-12,14,25H2,1H3,(H2,24,28). The van der Waals surface area contributed by atoms with Crippen molar-refractivity contribution in [2.24, 2.45) is 26.7 Å². The van der Waals surface area contributed by atoms with Gasteiger partial charge in [-0.05, 0) is 24.6 Å². The first-order valence-electron chi connectivity index (χ1n) is 10.6. The molecule has 0 aliphatic carbocycles. The molecule has 2 aliphatic rings. The number of rotatable bonds is 7. The van der Waals surface area contributed by atoms with Crippen LogP contribution in [0.3, 0.4) is 0 Å². The second kappa shape index (κ2) is 11.1. The fourth-order valence-corrected chi connectivity index (χ4v) is 4.13. The molecule has 0 spiro atoms. The summed E-state index contributed by atoms with van der Waals surface area (Å²) < 4.78 is 0. The number of nitriles is 1. The second-order valence-electron chi connectivity index (χ2n) is 7.63. The Hall–Kier alpha value is -2.67. The van der Waals surface area contributed by atoms with Crippen LogP contribution in [0.25, 0.3) is 0 Å². The highest BCUT2D eigenvalue weighted by molar-refractivity contribution is 6.47. The number of nitrogens with two attached hydrogens (primary N) is 2. The number of aliphatic imine (C=N–C) groups is 2. The Bertz CT molecular complexity index is 881. The maximum atomic E-state index is 9.32. The summed E-state index contributed by atoms with van der Waals surface area (Å²) in [6.07, 6.45) is 2.70. The summed E-state index contributed by atoms with van der Waals surface area (Å²) in [5, 5.41) is 15.5. The van der Waals surface area contributed by atoms with Crippen LogP contribution in [0.2, 0.25) is 5.02 Å². The van der Waals surface area contributed by atoms with Crippen LogP contribution in [0.4, 0.5) is 5.69 Å². The van der Waals surface area contributed by atoms with E-state index >= 15 is 0 Å². The molecule has 0 radical (unpaired) electrons. The minimum absolute atomic E-state index is 0.279. The number of halogens is 1. The normalized spacial score (nSPS) is 18.8. The second-order valence-corrected chi connectivity index (χ2v) is 8.07. The topological polar surface area (TPSA) is 123 Å². The molecule has 2 aliphatic heterocycles. The fourth-order valence-electron chi connectivity index (χ4n) is 3.94. The van der Waals surface area contributed by atoms with Crippen LogP contribution in [0.15, 0.2) is 39.4 Å². The van der Waals surface area contributed by atoms with E-state index in [1.165, 1.54) is 5.12 Å². The minimum Gasteiger partial charge on any atom is -0.386 e. The number of hydrazone groups is 1. The number of benzene rings is 1. The molecule has 9 nitrogen and oxygen atoms in total. The Balaban J connectivity index is 1.60. The van der Waals surface area contributed by atoms with Crippen LogP contribution in [-0.2, 0) is 0 Å². The molecular formula is C21H30ClN9. The van der Waals surface area contributed by atoms with Crippen LogP contribution in [0.1, 0.15) is 26.2 Å². The van der Waals surface area contributed by atoms with E-state index in [0.717, 1.165) is 44.9 Å². The number of hydrogen-bond donors (Lipinski definition) is 2. The van der Waals surface area contributed by atoms with Gasteiger partial charge in [0.05, 0.1) is 18.8 Å². The third-order valence-electron chi connectivity index (χ3n) is 5.45. The molecule has 2 heterocycles. The summed E-state index contributed by atoms with van der Waals surface area (Å²) in [7, 11) is 0. The Morgan fingerprint density at radius 2 is 2.03 bits per heavy atom. The van der Waals surface area contributed by atoms with Gasteiger partial charge in [0, 0.05) is 43.7 Å². The van der Waals surface area contributed by atoms with E-state index in [4.69, 9.17) is 23.2 Å². The number of amidine groups is 2. The van der Waals surface area contributed by atoms with Crippen molar-refractivity contribution in [3.63, 3.8) is 0 Å². The van der Waals surface area contributed by atoms with Crippen molar-refractivity contribution >= 4 is 34.7 Å². The SMILES string of the molecule is CCCC(C/C(N)=N/N(N)c1cccc(Cl)c1)N1CCN(C2=NCCN=C2C#N)CC1. The fraction of sp³-hybridized carbons (Fsp3) is 0.524. The highest BCUT2D eigenvalue weighted by Crippen LogP contribution is 2.19. The lowest BCUT2D eigenvalue weighted by atomic mass is 10.0. The van der Waals surface area contributed by atoms with Gasteiger partial charge in [0.2, 0.25) is 0 Å². The van der Waals surface area contributed by atoms with Crippen molar-refractivity contribution in [1.82, 2.24) is 9.80 Å². The van der Waals surface area contributed by atoms with E-state index in [2.05, 4.69) is 37.9 Å². The summed E-state index contributed by atoms with van der Waals surface area (Å²) in [5.41, 5.74) is 7.38. The molecule has 1 aromatic carbocycles. The third kappa shape index (κ3) is 6.17. The Labute approximate surface area is 188 Å². The van der Waals surface area contributed by atoms with Crippen molar-refractivity contribution in [3.05, 3.63) is 29.3 Å². The molecular weight excluding hydrogens is 414 g/mol. The number of anilines is 1. The average Bonchev–Trinajstić information content (AvgIpc) is 2.79. The third-order valence-corrected chi connectivity index (χ3v) is 5.69. The van der Waals surface area contributed by atoms with Crippen LogP contribution in [0.5, 0.6) is 0 Å². The molecule has 10 heteroatoms. The smallest absolute Gasteiger partial charge is 0.177 e. The zero-order valence-corrected chi connectivity index (χ0v) is 18.7. The van der Waals surface area contributed by atoms with Gasteiger partial charge in [-0.2, -0.15) is 10.4 Å². The van der Waals surface area contributed by atoms with E-state index < -0.39 is 0 Å². The van der Waals surface area contributed by atoms with E-state index in [-0.39, 0.29) is 6.04 Å². The molecule has 1 unspecified atom stereocenters. The lowest BCUT2D eigenvalue weighted by Gasteiger charge is -2.40. The molecule has 31 heavy (non-hydrogen) atoms. The van der Waals surface area contributed by atoms with Crippen molar-refractivity contribution in [2.45, 2.75) is 32.2 Å². The monoisotopic (exact) mass is 443 g/mol. The van der Waals surface area contributed by atoms with Crippen LogP contribution in [0, 0.1) is 11.3 Å². The summed E-state index contributed by atoms with van der Waals surface area (Å²) in [6, 6.07) is 9.63. The van der Waals surface area contributed by atoms with E-state index in [1.54, 1.807) is 12.1 Å². The molecule has 0 saturated carbocycles. The lowest BCUT2D eigenvalue weighted by Crippen LogP contribution is -2.54. The first-order valence-corrected chi connectivity index (χ1v) is 11.0. The maximum Gasteiger partial charge on any atom is 0.177 e. The first-order chi connectivity index (χ1) is 15.0. The van der Waals surface area contributed by atoms with Gasteiger partial charge >= 0.3 is 0 Å². The van der Waals surface area contributed by atoms with Crippen molar-refractivity contribution in [2.75, 3.05) is 44.4 Å². The van der Waals surface area contributed by atoms with Gasteiger partial charge in [0.1, 0.15) is 11.9 Å². The highest BCUT2D eigenvalue weighted by atomic mass is 35.5. The molecule has 3 rings (SSSR count). The Kier molecular flexibility index (Phi) is 8.23. The molecule has 1 saturated heterocycles. The van der Waals surface area contributed by atoms with E-state index in [0.29, 0.717) is 41.8 Å². The number of hydrogen-bond acceptors (Lipinski definition) is 8. The van der Waals surface area contributed by atoms with Gasteiger partial charge in [-0.3, -0.25) is 14.9 Å². The molecule has 1 fully saturated rings. The molecule has 166 valence electrons. The summed E-state index contributed by atoms with van der Waals surface area (Å²) in [4.78, 5) is 13.4. The van der Waals surface area contributed by atoms with Crippen LogP contribution < -0.4 is 16.7 Å².